The van der Waals surface area contributed by atoms with Crippen LogP contribution < -0.4 is 20.9 Å². The number of halogens is 5. The smallest absolute Gasteiger partial charge is 0.406 e. The van der Waals surface area contributed by atoms with Gasteiger partial charge >= 0.3 is 6.36 Å². The van der Waals surface area contributed by atoms with Gasteiger partial charge in [0.1, 0.15) is 5.75 Å². The van der Waals surface area contributed by atoms with Gasteiger partial charge < -0.3 is 15.2 Å². The third kappa shape index (κ3) is 7.28. The molecule has 0 saturated heterocycles. The number of aliphatic hydroxyl groups excluding tert-OH is 1. The minimum Gasteiger partial charge on any atom is -0.406 e. The average molecular weight is 516 g/mol. The predicted molar refractivity (Wildman–Crippen MR) is 127 cm³/mol. The fraction of sp³-hybridized carbons (Fsp3) is 0.273. The highest BCUT2D eigenvalue weighted by atomic mass is 35.5. The van der Waals surface area contributed by atoms with Crippen LogP contribution in [0.3, 0.4) is 0 Å². The Kier molecular flexibility index (Phi) is 8.29. The van der Waals surface area contributed by atoms with Crippen LogP contribution in [0, 0.1) is 5.92 Å². The Morgan fingerprint density at radius 1 is 1.03 bits per heavy atom. The zero-order chi connectivity index (χ0) is 24.9. The van der Waals surface area contributed by atoms with E-state index < -0.39 is 6.36 Å². The fourth-order valence-corrected chi connectivity index (χ4v) is 3.34. The number of rotatable bonds is 9. The fourth-order valence-electron chi connectivity index (χ4n) is 2.89. The molecule has 0 fully saturated rings. The lowest BCUT2D eigenvalue weighted by Gasteiger charge is -2.21. The molecule has 12 heteroatoms. The molecule has 34 heavy (non-hydrogen) atoms. The summed E-state index contributed by atoms with van der Waals surface area (Å²) in [6.45, 7) is 3.67. The van der Waals surface area contributed by atoms with Gasteiger partial charge in [-0.05, 0) is 36.2 Å². The van der Waals surface area contributed by atoms with Crippen molar-refractivity contribution in [2.24, 2.45) is 5.92 Å². The number of hydrogen-bond donors (Lipinski definition) is 4. The molecule has 0 unspecified atom stereocenters. The second-order valence-electron chi connectivity index (χ2n) is 7.59. The van der Waals surface area contributed by atoms with Crippen molar-refractivity contribution >= 4 is 40.7 Å². The molecule has 3 rings (SSSR count). The molecular weight excluding hydrogens is 494 g/mol. The summed E-state index contributed by atoms with van der Waals surface area (Å²) in [5.74, 6) is 0.136. The summed E-state index contributed by atoms with van der Waals surface area (Å²) in [7, 11) is 0. The van der Waals surface area contributed by atoms with E-state index in [1.165, 1.54) is 24.3 Å². The van der Waals surface area contributed by atoms with Crippen molar-refractivity contribution in [3.8, 4) is 17.0 Å². The zero-order valence-corrected chi connectivity index (χ0v) is 19.6. The number of hydrazine groups is 1. The number of nitrogens with one attached hydrogen (secondary N) is 3. The number of hydrogen-bond acceptors (Lipinski definition) is 7. The normalized spacial score (nSPS) is 12.4. The summed E-state index contributed by atoms with van der Waals surface area (Å²) in [5, 5.41) is 13.6. The van der Waals surface area contributed by atoms with Crippen LogP contribution in [-0.4, -0.2) is 34.1 Å². The lowest BCUT2D eigenvalue weighted by Crippen LogP contribution is -2.30. The van der Waals surface area contributed by atoms with Crippen LogP contribution in [-0.2, 0) is 0 Å². The number of nitrogens with zero attached hydrogens (tertiary/aromatic N) is 2. The van der Waals surface area contributed by atoms with E-state index in [9.17, 15) is 18.3 Å². The molecule has 0 spiro atoms. The van der Waals surface area contributed by atoms with E-state index in [4.69, 9.17) is 23.2 Å². The Labute approximate surface area is 204 Å². The number of aliphatic hydroxyl groups is 1. The van der Waals surface area contributed by atoms with Crippen LogP contribution >= 0.6 is 23.2 Å². The van der Waals surface area contributed by atoms with Crippen molar-refractivity contribution in [1.82, 2.24) is 9.97 Å². The summed E-state index contributed by atoms with van der Waals surface area (Å²) in [6.07, 6.45) is -4.82. The molecule has 1 aromatic heterocycles. The summed E-state index contributed by atoms with van der Waals surface area (Å²) in [6, 6.07) is 11.5. The molecule has 2 aromatic carbocycles. The maximum absolute atomic E-state index is 12.7. The molecule has 0 bridgehead atoms. The van der Waals surface area contributed by atoms with Gasteiger partial charge in [-0.3, -0.25) is 10.9 Å². The largest absolute Gasteiger partial charge is 0.573 e. The first-order valence-corrected chi connectivity index (χ1v) is 10.9. The number of anilines is 3. The Morgan fingerprint density at radius 2 is 1.79 bits per heavy atom. The Morgan fingerprint density at radius 3 is 2.44 bits per heavy atom. The van der Waals surface area contributed by atoms with E-state index in [0.717, 1.165) is 0 Å². The number of ether oxygens (including phenoxy) is 1. The molecule has 4 N–H and O–H groups in total. The van der Waals surface area contributed by atoms with Gasteiger partial charge in [-0.2, -0.15) is 4.98 Å². The maximum Gasteiger partial charge on any atom is 0.573 e. The third-order valence-corrected chi connectivity index (χ3v) is 5.21. The van der Waals surface area contributed by atoms with Gasteiger partial charge in [0.15, 0.2) is 5.82 Å². The molecule has 0 amide bonds. The van der Waals surface area contributed by atoms with Gasteiger partial charge in [0, 0.05) is 16.7 Å². The van der Waals surface area contributed by atoms with Crippen molar-refractivity contribution in [3.05, 3.63) is 58.6 Å². The quantitative estimate of drug-likeness (QED) is 0.251. The molecule has 0 aliphatic carbocycles. The monoisotopic (exact) mass is 515 g/mol. The minimum atomic E-state index is -4.82. The predicted octanol–water partition coefficient (Wildman–Crippen LogP) is 6.22. The molecule has 3 aromatic rings. The molecule has 0 aliphatic rings. The highest BCUT2D eigenvalue weighted by Gasteiger charge is 2.31. The van der Waals surface area contributed by atoms with E-state index in [1.807, 2.05) is 13.8 Å². The standard InChI is InChI=1S/C22H22Cl2F3N5O2/c1-12(2)19(11-33)29-21-28-18(13-4-3-5-15(8-13)34-22(25,26)27)10-20(30-21)32-31-17-7-6-14(23)9-16(17)24/h3-10,12,19,31,33H,11H2,1-2H3,(H2,28,29,30,32)/t19-/m0/s1. The number of alkyl halides is 3. The van der Waals surface area contributed by atoms with Crippen molar-refractivity contribution in [2.45, 2.75) is 26.3 Å². The zero-order valence-electron chi connectivity index (χ0n) is 18.1. The van der Waals surface area contributed by atoms with Gasteiger partial charge in [0.25, 0.3) is 0 Å². The second kappa shape index (κ2) is 11.0. The second-order valence-corrected chi connectivity index (χ2v) is 8.43. The van der Waals surface area contributed by atoms with E-state index in [2.05, 4.69) is 30.9 Å². The summed E-state index contributed by atoms with van der Waals surface area (Å²) in [5.41, 5.74) is 7.02. The molecule has 1 atom stereocenters. The Hall–Kier alpha value is -2.95. The first kappa shape index (κ1) is 25.7. The summed E-state index contributed by atoms with van der Waals surface area (Å²) >= 11 is 12.1. The molecule has 0 radical (unpaired) electrons. The van der Waals surface area contributed by atoms with Crippen molar-refractivity contribution in [1.29, 1.82) is 0 Å². The van der Waals surface area contributed by atoms with E-state index in [-0.39, 0.29) is 30.3 Å². The Bertz CT molecular complexity index is 1130. The molecule has 1 heterocycles. The van der Waals surface area contributed by atoms with Crippen LogP contribution in [0.4, 0.5) is 30.6 Å². The topological polar surface area (TPSA) is 91.3 Å². The van der Waals surface area contributed by atoms with Gasteiger partial charge in [0.05, 0.1) is 29.1 Å². The van der Waals surface area contributed by atoms with Gasteiger partial charge in [-0.15, -0.1) is 13.2 Å². The molecule has 182 valence electrons. The average Bonchev–Trinajstić information content (AvgIpc) is 2.75. The number of benzene rings is 2. The van der Waals surface area contributed by atoms with Gasteiger partial charge in [0.2, 0.25) is 5.95 Å². The van der Waals surface area contributed by atoms with E-state index in [0.29, 0.717) is 32.8 Å². The maximum atomic E-state index is 12.7. The SMILES string of the molecule is CC(C)[C@H](CO)Nc1nc(NNc2ccc(Cl)cc2Cl)cc(-c2cccc(OC(F)(F)F)c2)n1. The first-order valence-electron chi connectivity index (χ1n) is 10.1. The van der Waals surface area contributed by atoms with Crippen LogP contribution in [0.1, 0.15) is 13.8 Å². The van der Waals surface area contributed by atoms with Crippen LogP contribution in [0.5, 0.6) is 5.75 Å². The van der Waals surface area contributed by atoms with Crippen molar-refractivity contribution in [3.63, 3.8) is 0 Å². The lowest BCUT2D eigenvalue weighted by molar-refractivity contribution is -0.274. The minimum absolute atomic E-state index is 0.0585. The summed E-state index contributed by atoms with van der Waals surface area (Å²) in [4.78, 5) is 8.80. The van der Waals surface area contributed by atoms with Gasteiger partial charge in [-0.25, -0.2) is 4.98 Å². The van der Waals surface area contributed by atoms with Crippen molar-refractivity contribution in [2.75, 3.05) is 22.8 Å². The molecular formula is C22H22Cl2F3N5O2. The molecule has 0 saturated carbocycles. The van der Waals surface area contributed by atoms with Gasteiger partial charge in [-0.1, -0.05) is 49.2 Å². The number of aromatic nitrogens is 2. The third-order valence-electron chi connectivity index (χ3n) is 4.66. The first-order chi connectivity index (χ1) is 16.0. The van der Waals surface area contributed by atoms with Crippen molar-refractivity contribution < 1.29 is 23.0 Å². The highest BCUT2D eigenvalue weighted by Crippen LogP contribution is 2.30. The molecule has 7 nitrogen and oxygen atoms in total. The summed E-state index contributed by atoms with van der Waals surface area (Å²) < 4.78 is 42.0. The van der Waals surface area contributed by atoms with E-state index >= 15 is 0 Å². The van der Waals surface area contributed by atoms with Crippen LogP contribution in [0.15, 0.2) is 48.5 Å². The Balaban J connectivity index is 1.95. The van der Waals surface area contributed by atoms with Crippen LogP contribution in [0.2, 0.25) is 10.0 Å². The van der Waals surface area contributed by atoms with Crippen LogP contribution in [0.25, 0.3) is 11.3 Å². The highest BCUT2D eigenvalue weighted by molar-refractivity contribution is 6.36. The van der Waals surface area contributed by atoms with E-state index in [1.54, 1.807) is 24.3 Å². The molecule has 0 aliphatic heterocycles. The lowest BCUT2D eigenvalue weighted by atomic mass is 10.1.